The van der Waals surface area contributed by atoms with Crippen molar-refractivity contribution in [1.82, 2.24) is 0 Å². The topological polar surface area (TPSA) is 0 Å². The molecule has 0 aromatic heterocycles. The van der Waals surface area contributed by atoms with E-state index < -0.39 is 0 Å². The zero-order valence-electron chi connectivity index (χ0n) is 11.3. The van der Waals surface area contributed by atoms with Crippen molar-refractivity contribution < 1.29 is 0 Å². The van der Waals surface area contributed by atoms with Gasteiger partial charge in [0.05, 0.1) is 0 Å². The average Bonchev–Trinajstić information content (AvgIpc) is 2.50. The highest BCUT2D eigenvalue weighted by Crippen LogP contribution is 2.32. The Kier molecular flexibility index (Phi) is 4.24. The van der Waals surface area contributed by atoms with E-state index in [2.05, 4.69) is 54.6 Å². The standard InChI is InChI=1S/C18H20S/c1-3-7-15(8-4-1)16-11-13-18(14-12-16)19-17-9-5-2-6-10-17/h2,5-6,9-15H,1,3-4,7-8H2/p+1. The maximum atomic E-state index is 2.35. The summed E-state index contributed by atoms with van der Waals surface area (Å²) in [5, 5.41) is 0. The van der Waals surface area contributed by atoms with E-state index >= 15 is 0 Å². The van der Waals surface area contributed by atoms with Crippen LogP contribution >= 0.6 is 0 Å². The molecule has 0 heterocycles. The van der Waals surface area contributed by atoms with Crippen LogP contribution in [0.3, 0.4) is 0 Å². The second kappa shape index (κ2) is 6.29. The molecule has 2 aromatic rings. The molecule has 0 N–H and O–H groups in total. The fraction of sp³-hybridized carbons (Fsp3) is 0.333. The lowest BCUT2D eigenvalue weighted by molar-refractivity contribution is 0.443. The lowest BCUT2D eigenvalue weighted by Crippen LogP contribution is -2.04. The van der Waals surface area contributed by atoms with Crippen LogP contribution in [0.1, 0.15) is 43.6 Å². The van der Waals surface area contributed by atoms with Crippen molar-refractivity contribution in [3.63, 3.8) is 0 Å². The molecule has 0 saturated heterocycles. The summed E-state index contributed by atoms with van der Waals surface area (Å²) in [4.78, 5) is 2.76. The van der Waals surface area contributed by atoms with Crippen molar-refractivity contribution >= 4 is 11.8 Å². The monoisotopic (exact) mass is 269 g/mol. The van der Waals surface area contributed by atoms with Crippen molar-refractivity contribution in [3.8, 4) is 0 Å². The summed E-state index contributed by atoms with van der Waals surface area (Å²) in [7, 11) is 0. The van der Waals surface area contributed by atoms with Gasteiger partial charge in [0.25, 0.3) is 0 Å². The Morgan fingerprint density at radius 2 is 1.32 bits per heavy atom. The van der Waals surface area contributed by atoms with Crippen molar-refractivity contribution in [2.75, 3.05) is 0 Å². The van der Waals surface area contributed by atoms with E-state index in [-0.39, 0.29) is 0 Å². The van der Waals surface area contributed by atoms with Crippen LogP contribution in [0, 0.1) is 0 Å². The summed E-state index contributed by atoms with van der Waals surface area (Å²) in [5.41, 5.74) is 1.55. The largest absolute Gasteiger partial charge is 0.158 e. The number of thiol groups is 1. The van der Waals surface area contributed by atoms with Crippen LogP contribution in [0.2, 0.25) is 0 Å². The Bertz CT molecular complexity index is 495. The molecule has 0 amide bonds. The molecule has 1 heteroatoms. The summed E-state index contributed by atoms with van der Waals surface area (Å²) in [6.07, 6.45) is 7.02. The molecule has 0 unspecified atom stereocenters. The first-order chi connectivity index (χ1) is 9.42. The predicted molar refractivity (Wildman–Crippen MR) is 84.0 cm³/mol. The van der Waals surface area contributed by atoms with E-state index in [1.807, 2.05) is 0 Å². The van der Waals surface area contributed by atoms with Gasteiger partial charge in [-0.25, -0.2) is 0 Å². The minimum absolute atomic E-state index is 0.816. The van der Waals surface area contributed by atoms with Gasteiger partial charge in [-0.05, 0) is 48.6 Å². The quantitative estimate of drug-likeness (QED) is 0.545. The maximum absolute atomic E-state index is 2.35. The van der Waals surface area contributed by atoms with Gasteiger partial charge in [-0.3, -0.25) is 0 Å². The summed E-state index contributed by atoms with van der Waals surface area (Å²) in [6, 6.07) is 20.0. The Labute approximate surface area is 120 Å². The smallest absolute Gasteiger partial charge is 0.0619 e. The Balaban J connectivity index is 1.68. The number of rotatable bonds is 3. The second-order valence-electron chi connectivity index (χ2n) is 5.37. The summed E-state index contributed by atoms with van der Waals surface area (Å²) in [5.74, 6) is 0.816. The van der Waals surface area contributed by atoms with Gasteiger partial charge in [0.1, 0.15) is 0 Å². The molecule has 0 nitrogen and oxygen atoms in total. The van der Waals surface area contributed by atoms with Gasteiger partial charge in [-0.15, -0.1) is 0 Å². The highest BCUT2D eigenvalue weighted by molar-refractivity contribution is 7.78. The van der Waals surface area contributed by atoms with Gasteiger partial charge in [0.2, 0.25) is 0 Å². The predicted octanol–water partition coefficient (Wildman–Crippen LogP) is 4.97. The Hall–Kier alpha value is -1.21. The molecule has 2 aromatic carbocycles. The highest BCUT2D eigenvalue weighted by atomic mass is 32.2. The van der Waals surface area contributed by atoms with Gasteiger partial charge < -0.3 is 0 Å². The third-order valence-corrected chi connectivity index (χ3v) is 5.10. The first-order valence-electron chi connectivity index (χ1n) is 7.28. The number of benzene rings is 2. The molecular weight excluding hydrogens is 248 g/mol. The van der Waals surface area contributed by atoms with Crippen LogP contribution in [0.15, 0.2) is 64.4 Å². The van der Waals surface area contributed by atoms with Crippen LogP contribution in [0.4, 0.5) is 0 Å². The van der Waals surface area contributed by atoms with Crippen molar-refractivity contribution in [1.29, 1.82) is 0 Å². The van der Waals surface area contributed by atoms with E-state index in [1.54, 1.807) is 5.56 Å². The van der Waals surface area contributed by atoms with Crippen molar-refractivity contribution in [3.05, 3.63) is 60.2 Å². The van der Waals surface area contributed by atoms with Gasteiger partial charge in [0, 0.05) is 11.8 Å². The van der Waals surface area contributed by atoms with Crippen molar-refractivity contribution in [2.24, 2.45) is 0 Å². The summed E-state index contributed by atoms with van der Waals surface area (Å²) in [6.45, 7) is 0. The van der Waals surface area contributed by atoms with Gasteiger partial charge in [-0.2, -0.15) is 0 Å². The van der Waals surface area contributed by atoms with Crippen LogP contribution < -0.4 is 0 Å². The fourth-order valence-electron chi connectivity index (χ4n) is 2.91. The SMILES string of the molecule is c1ccc([SH+]c2ccc(C3CCCCC3)cc2)cc1. The lowest BCUT2D eigenvalue weighted by atomic mass is 9.84. The summed E-state index contributed by atoms with van der Waals surface area (Å²) >= 11 is 1.31. The zero-order valence-corrected chi connectivity index (χ0v) is 12.2. The van der Waals surface area contributed by atoms with Gasteiger partial charge >= 0.3 is 0 Å². The van der Waals surface area contributed by atoms with E-state index in [0.717, 1.165) is 5.92 Å². The average molecular weight is 269 g/mol. The third kappa shape index (κ3) is 3.42. The fourth-order valence-corrected chi connectivity index (χ4v) is 3.83. The molecule has 1 aliphatic carbocycles. The van der Waals surface area contributed by atoms with Gasteiger partial charge in [0.15, 0.2) is 9.79 Å². The Morgan fingerprint density at radius 3 is 2.00 bits per heavy atom. The molecule has 1 fully saturated rings. The molecule has 1 aliphatic rings. The molecule has 0 bridgehead atoms. The van der Waals surface area contributed by atoms with Crippen LogP contribution in [0.5, 0.6) is 0 Å². The van der Waals surface area contributed by atoms with E-state index in [0.29, 0.717) is 0 Å². The molecule has 0 radical (unpaired) electrons. The minimum Gasteiger partial charge on any atom is -0.0619 e. The van der Waals surface area contributed by atoms with E-state index in [1.165, 1.54) is 53.7 Å². The highest BCUT2D eigenvalue weighted by Gasteiger charge is 2.16. The van der Waals surface area contributed by atoms with E-state index in [9.17, 15) is 0 Å². The Morgan fingerprint density at radius 1 is 0.684 bits per heavy atom. The molecular formula is C18H21S+. The molecule has 19 heavy (non-hydrogen) atoms. The summed E-state index contributed by atoms with van der Waals surface area (Å²) < 4.78 is 0. The first kappa shape index (κ1) is 12.8. The van der Waals surface area contributed by atoms with Crippen molar-refractivity contribution in [2.45, 2.75) is 47.8 Å². The number of hydrogen-bond donors (Lipinski definition) is 0. The van der Waals surface area contributed by atoms with Crippen LogP contribution in [0.25, 0.3) is 0 Å². The van der Waals surface area contributed by atoms with E-state index in [4.69, 9.17) is 0 Å². The molecule has 1 saturated carbocycles. The molecule has 0 spiro atoms. The molecule has 0 atom stereocenters. The van der Waals surface area contributed by atoms with Crippen LogP contribution in [-0.4, -0.2) is 0 Å². The lowest BCUT2D eigenvalue weighted by Gasteiger charge is -2.21. The maximum Gasteiger partial charge on any atom is 0.158 e. The van der Waals surface area contributed by atoms with Crippen LogP contribution in [-0.2, 0) is 11.8 Å². The zero-order chi connectivity index (χ0) is 12.9. The molecule has 0 aliphatic heterocycles. The van der Waals surface area contributed by atoms with Gasteiger partial charge in [-0.1, -0.05) is 49.6 Å². The number of hydrogen-bond acceptors (Lipinski definition) is 0. The molecule has 3 rings (SSSR count). The first-order valence-corrected chi connectivity index (χ1v) is 8.18. The second-order valence-corrected chi connectivity index (χ2v) is 6.63. The third-order valence-electron chi connectivity index (χ3n) is 3.98. The normalized spacial score (nSPS) is 16.4. The minimum atomic E-state index is 0.816. The molecule has 98 valence electrons.